The molecular formula is C14H26KO2. The number of esters is 1. The summed E-state index contributed by atoms with van der Waals surface area (Å²) in [5.41, 5.74) is -0.351. The summed E-state index contributed by atoms with van der Waals surface area (Å²) in [6.07, 6.45) is 9.73. The molecule has 0 heterocycles. The van der Waals surface area contributed by atoms with Crippen molar-refractivity contribution in [1.29, 1.82) is 0 Å². The molecule has 0 aromatic rings. The smallest absolute Gasteiger partial charge is 0.330 e. The number of hydrogen-bond donors (Lipinski definition) is 0. The van der Waals surface area contributed by atoms with Gasteiger partial charge in [0.05, 0.1) is 0 Å². The molecule has 0 aliphatic carbocycles. The van der Waals surface area contributed by atoms with Crippen molar-refractivity contribution in [2.45, 2.75) is 71.3 Å². The zero-order valence-electron chi connectivity index (χ0n) is 12.1. The predicted octanol–water partition coefficient (Wildman–Crippen LogP) is 3.86. The van der Waals surface area contributed by atoms with Crippen molar-refractivity contribution >= 4 is 57.4 Å². The van der Waals surface area contributed by atoms with Gasteiger partial charge in [-0.05, 0) is 26.7 Å². The maximum Gasteiger partial charge on any atom is 0.330 e. The molecule has 0 aliphatic rings. The van der Waals surface area contributed by atoms with Crippen molar-refractivity contribution in [1.82, 2.24) is 0 Å². The third-order valence-electron chi connectivity index (χ3n) is 2.68. The van der Waals surface area contributed by atoms with Gasteiger partial charge in [-0.3, -0.25) is 0 Å². The number of carbonyl (C=O) groups excluding carboxylic acids is 1. The van der Waals surface area contributed by atoms with Gasteiger partial charge in [-0.25, -0.2) is 4.79 Å². The molecule has 0 saturated heterocycles. The molecule has 0 aromatic carbocycles. The Labute approximate surface area is 149 Å². The van der Waals surface area contributed by atoms with Gasteiger partial charge >= 0.3 is 5.97 Å². The molecular weight excluding hydrogens is 239 g/mol. The van der Waals surface area contributed by atoms with Crippen molar-refractivity contribution in [3.05, 3.63) is 12.7 Å². The van der Waals surface area contributed by atoms with E-state index < -0.39 is 0 Å². The molecule has 0 aliphatic heterocycles. The van der Waals surface area contributed by atoms with Crippen molar-refractivity contribution in [3.8, 4) is 0 Å². The van der Waals surface area contributed by atoms with Crippen LogP contribution in [0.25, 0.3) is 0 Å². The summed E-state index contributed by atoms with van der Waals surface area (Å²) in [6, 6.07) is 0. The maximum atomic E-state index is 11.1. The molecule has 95 valence electrons. The Morgan fingerprint density at radius 1 is 1.18 bits per heavy atom. The normalized spacial score (nSPS) is 10.5. The zero-order valence-corrected chi connectivity index (χ0v) is 15.2. The van der Waals surface area contributed by atoms with Crippen LogP contribution < -0.4 is 0 Å². The van der Waals surface area contributed by atoms with E-state index in [1.54, 1.807) is 0 Å². The molecule has 0 amide bonds. The van der Waals surface area contributed by atoms with E-state index >= 15 is 0 Å². The van der Waals surface area contributed by atoms with Crippen LogP contribution >= 0.6 is 0 Å². The fourth-order valence-corrected chi connectivity index (χ4v) is 1.70. The summed E-state index contributed by atoms with van der Waals surface area (Å²) in [5, 5.41) is 0. The zero-order chi connectivity index (χ0) is 12.4. The Bertz CT molecular complexity index is 212. The minimum absolute atomic E-state index is 0. The second-order valence-corrected chi connectivity index (χ2v) is 4.90. The van der Waals surface area contributed by atoms with Crippen LogP contribution in [-0.4, -0.2) is 63.0 Å². The standard InChI is InChI=1S/C14H26O2.K/c1-5-7-8-9-10-11-12-14(3,4)16-13(15)6-2;/h6H,2,5,7-12H2,1,3-4H3;. The van der Waals surface area contributed by atoms with Gasteiger partial charge < -0.3 is 4.74 Å². The Hall–Kier alpha value is 0.846. The van der Waals surface area contributed by atoms with Crippen LogP contribution in [0.5, 0.6) is 0 Å². The number of unbranched alkanes of at least 4 members (excludes halogenated alkanes) is 5. The first-order valence-corrected chi connectivity index (χ1v) is 6.37. The first kappa shape index (κ1) is 20.2. The monoisotopic (exact) mass is 265 g/mol. The molecule has 0 atom stereocenters. The number of hydrogen-bond acceptors (Lipinski definition) is 2. The number of rotatable bonds is 9. The van der Waals surface area contributed by atoms with E-state index in [1.807, 2.05) is 13.8 Å². The fourth-order valence-electron chi connectivity index (χ4n) is 1.70. The van der Waals surface area contributed by atoms with Crippen LogP contribution in [-0.2, 0) is 9.53 Å². The molecule has 3 heteroatoms. The Morgan fingerprint density at radius 3 is 2.24 bits per heavy atom. The molecule has 0 unspecified atom stereocenters. The average molecular weight is 265 g/mol. The van der Waals surface area contributed by atoms with Crippen molar-refractivity contribution in [2.24, 2.45) is 0 Å². The second kappa shape index (κ2) is 11.9. The third-order valence-corrected chi connectivity index (χ3v) is 2.68. The maximum absolute atomic E-state index is 11.1. The van der Waals surface area contributed by atoms with E-state index in [0.29, 0.717) is 0 Å². The number of ether oxygens (including phenoxy) is 1. The van der Waals surface area contributed by atoms with Gasteiger partial charge in [-0.2, -0.15) is 0 Å². The minimum atomic E-state index is -0.351. The first-order valence-electron chi connectivity index (χ1n) is 6.37. The third kappa shape index (κ3) is 13.1. The number of carbonyl (C=O) groups is 1. The van der Waals surface area contributed by atoms with Crippen LogP contribution in [0.1, 0.15) is 65.7 Å². The topological polar surface area (TPSA) is 26.3 Å². The van der Waals surface area contributed by atoms with Crippen LogP contribution in [0.2, 0.25) is 0 Å². The summed E-state index contributed by atoms with van der Waals surface area (Å²) >= 11 is 0. The summed E-state index contributed by atoms with van der Waals surface area (Å²) in [5.74, 6) is -0.323. The van der Waals surface area contributed by atoms with Gasteiger partial charge in [0.1, 0.15) is 5.60 Å². The molecule has 0 rings (SSSR count). The van der Waals surface area contributed by atoms with Gasteiger partial charge in [0.25, 0.3) is 0 Å². The van der Waals surface area contributed by atoms with Crippen molar-refractivity contribution in [2.75, 3.05) is 0 Å². The second-order valence-electron chi connectivity index (χ2n) is 4.90. The van der Waals surface area contributed by atoms with Gasteiger partial charge in [0, 0.05) is 57.5 Å². The fraction of sp³-hybridized carbons (Fsp3) is 0.786. The largest absolute Gasteiger partial charge is 0.457 e. The Kier molecular flexibility index (Phi) is 14.1. The van der Waals surface area contributed by atoms with Crippen molar-refractivity contribution in [3.63, 3.8) is 0 Å². The summed E-state index contributed by atoms with van der Waals surface area (Å²) in [4.78, 5) is 11.1. The van der Waals surface area contributed by atoms with E-state index in [4.69, 9.17) is 4.74 Å². The van der Waals surface area contributed by atoms with Gasteiger partial charge in [0.15, 0.2) is 0 Å². The molecule has 0 bridgehead atoms. The van der Waals surface area contributed by atoms with Crippen LogP contribution in [0.4, 0.5) is 0 Å². The molecule has 0 saturated carbocycles. The van der Waals surface area contributed by atoms with Crippen LogP contribution in [0.3, 0.4) is 0 Å². The summed E-state index contributed by atoms with van der Waals surface area (Å²) in [7, 11) is 0. The summed E-state index contributed by atoms with van der Waals surface area (Å²) in [6.45, 7) is 9.54. The molecule has 0 fully saturated rings. The Morgan fingerprint density at radius 2 is 1.71 bits per heavy atom. The van der Waals surface area contributed by atoms with E-state index in [9.17, 15) is 4.79 Å². The van der Waals surface area contributed by atoms with Crippen LogP contribution in [0.15, 0.2) is 12.7 Å². The predicted molar refractivity (Wildman–Crippen MR) is 74.1 cm³/mol. The molecule has 0 aromatic heterocycles. The average Bonchev–Trinajstić information content (AvgIpc) is 2.22. The van der Waals surface area contributed by atoms with E-state index in [-0.39, 0.29) is 63.0 Å². The van der Waals surface area contributed by atoms with E-state index in [1.165, 1.54) is 38.2 Å². The van der Waals surface area contributed by atoms with E-state index in [2.05, 4.69) is 13.5 Å². The van der Waals surface area contributed by atoms with Gasteiger partial charge in [-0.15, -0.1) is 0 Å². The first-order chi connectivity index (χ1) is 7.52. The van der Waals surface area contributed by atoms with Gasteiger partial charge in [-0.1, -0.05) is 45.6 Å². The SMILES string of the molecule is C=CC(=O)OC(C)(C)CCCCCCCC.[K]. The molecule has 2 nitrogen and oxygen atoms in total. The molecule has 0 spiro atoms. The van der Waals surface area contributed by atoms with E-state index in [0.717, 1.165) is 12.8 Å². The summed E-state index contributed by atoms with van der Waals surface area (Å²) < 4.78 is 5.26. The minimum Gasteiger partial charge on any atom is -0.457 e. The molecule has 17 heavy (non-hydrogen) atoms. The van der Waals surface area contributed by atoms with Crippen LogP contribution in [0, 0.1) is 0 Å². The van der Waals surface area contributed by atoms with Gasteiger partial charge in [0.2, 0.25) is 0 Å². The molecule has 1 radical (unpaired) electrons. The Balaban J connectivity index is 0. The quantitative estimate of drug-likeness (QED) is 0.274. The van der Waals surface area contributed by atoms with Crippen molar-refractivity contribution < 1.29 is 9.53 Å². The molecule has 0 N–H and O–H groups in total.